The van der Waals surface area contributed by atoms with Crippen molar-refractivity contribution in [2.24, 2.45) is 0 Å². The van der Waals surface area contributed by atoms with Crippen LogP contribution in [0.2, 0.25) is 0 Å². The number of aliphatic hydroxyl groups is 1. The van der Waals surface area contributed by atoms with Crippen LogP contribution in [0.3, 0.4) is 0 Å². The summed E-state index contributed by atoms with van der Waals surface area (Å²) in [6, 6.07) is 8.16. The van der Waals surface area contributed by atoms with Crippen molar-refractivity contribution in [3.05, 3.63) is 29.8 Å². The first-order valence-corrected chi connectivity index (χ1v) is 7.03. The minimum atomic E-state index is -1.31. The van der Waals surface area contributed by atoms with E-state index in [4.69, 9.17) is 0 Å². The largest absolute Gasteiger partial charge is 0.381 e. The zero-order valence-corrected chi connectivity index (χ0v) is 12.3. The Morgan fingerprint density at radius 2 is 1.89 bits per heavy atom. The highest BCUT2D eigenvalue weighted by molar-refractivity contribution is 7.99. The number of nitrogens with zero attached hydrogens (tertiary/aromatic N) is 1. The predicted octanol–water partition coefficient (Wildman–Crippen LogP) is 2.53. The number of rotatable bonds is 5. The third-order valence-corrected chi connectivity index (χ3v) is 3.42. The van der Waals surface area contributed by atoms with E-state index in [2.05, 4.69) is 19.1 Å². The molecule has 1 N–H and O–H groups in total. The van der Waals surface area contributed by atoms with Gasteiger partial charge in [0.2, 0.25) is 0 Å². The summed E-state index contributed by atoms with van der Waals surface area (Å²) in [5.41, 5.74) is -0.247. The van der Waals surface area contributed by atoms with E-state index in [1.54, 1.807) is 23.7 Å². The fourth-order valence-corrected chi connectivity index (χ4v) is 2.33. The van der Waals surface area contributed by atoms with Gasteiger partial charge in [0.25, 0.3) is 5.91 Å². The molecule has 4 heteroatoms. The van der Waals surface area contributed by atoms with E-state index in [9.17, 15) is 9.90 Å². The molecule has 0 unspecified atom stereocenters. The summed E-state index contributed by atoms with van der Waals surface area (Å²) in [5, 5.41) is 9.65. The summed E-state index contributed by atoms with van der Waals surface area (Å²) in [6.45, 7) is 5.65. The lowest BCUT2D eigenvalue weighted by Crippen LogP contribution is -2.42. The molecule has 0 spiro atoms. The topological polar surface area (TPSA) is 40.5 Å². The van der Waals surface area contributed by atoms with Crippen molar-refractivity contribution >= 4 is 17.7 Å². The van der Waals surface area contributed by atoms with Crippen LogP contribution in [0.1, 0.15) is 26.3 Å². The van der Waals surface area contributed by atoms with Gasteiger partial charge in [-0.1, -0.05) is 19.1 Å². The Morgan fingerprint density at radius 3 is 2.33 bits per heavy atom. The van der Waals surface area contributed by atoms with Crippen molar-refractivity contribution in [2.45, 2.75) is 37.8 Å². The summed E-state index contributed by atoms with van der Waals surface area (Å²) in [7, 11) is 1.70. The zero-order valence-electron chi connectivity index (χ0n) is 11.4. The van der Waals surface area contributed by atoms with Crippen LogP contribution in [-0.4, -0.2) is 34.3 Å². The van der Waals surface area contributed by atoms with Gasteiger partial charge in [0.15, 0.2) is 0 Å². The van der Waals surface area contributed by atoms with Crippen LogP contribution in [0, 0.1) is 0 Å². The second-order valence-electron chi connectivity index (χ2n) is 4.80. The summed E-state index contributed by atoms with van der Waals surface area (Å²) < 4.78 is 0. The maximum Gasteiger partial charge on any atom is 0.253 e. The third kappa shape index (κ3) is 4.35. The molecule has 0 aliphatic rings. The zero-order chi connectivity index (χ0) is 13.8. The molecule has 0 aliphatic heterocycles. The molecule has 0 saturated heterocycles. The molecule has 0 atom stereocenters. The quantitative estimate of drug-likeness (QED) is 0.833. The highest BCUT2D eigenvalue weighted by atomic mass is 32.2. The Balaban J connectivity index is 2.65. The van der Waals surface area contributed by atoms with Gasteiger partial charge < -0.3 is 10.0 Å². The van der Waals surface area contributed by atoms with Crippen LogP contribution >= 0.6 is 11.8 Å². The summed E-state index contributed by atoms with van der Waals surface area (Å²) in [5.74, 6) is 0.783. The Bertz CT molecular complexity index is 395. The van der Waals surface area contributed by atoms with Crippen molar-refractivity contribution in [1.29, 1.82) is 0 Å². The molecule has 0 bridgehead atoms. The van der Waals surface area contributed by atoms with Gasteiger partial charge in [-0.2, -0.15) is 0 Å². The Kier molecular flexibility index (Phi) is 5.23. The molecule has 1 aromatic rings. The smallest absolute Gasteiger partial charge is 0.253 e. The molecular weight excluding hydrogens is 246 g/mol. The number of amides is 1. The average molecular weight is 267 g/mol. The second-order valence-corrected chi connectivity index (χ2v) is 6.13. The van der Waals surface area contributed by atoms with Crippen LogP contribution in [0.25, 0.3) is 0 Å². The van der Waals surface area contributed by atoms with E-state index in [0.717, 1.165) is 11.3 Å². The van der Waals surface area contributed by atoms with Crippen molar-refractivity contribution in [3.63, 3.8) is 0 Å². The number of hydrogen-bond acceptors (Lipinski definition) is 3. The second kappa shape index (κ2) is 6.25. The Labute approximate surface area is 113 Å². The van der Waals surface area contributed by atoms with Gasteiger partial charge in [0, 0.05) is 18.5 Å². The molecule has 0 heterocycles. The molecule has 0 aromatic heterocycles. The van der Waals surface area contributed by atoms with E-state index < -0.39 is 5.60 Å². The standard InChI is InChI=1S/C14H21NO2S/c1-5-18-12-8-6-11(7-9-12)10-15(4)13(16)14(2,3)17/h6-9,17H,5,10H2,1-4H3. The SMILES string of the molecule is CCSc1ccc(CN(C)C(=O)C(C)(C)O)cc1. The van der Waals surface area contributed by atoms with Crippen molar-refractivity contribution in [2.75, 3.05) is 12.8 Å². The van der Waals surface area contributed by atoms with Crippen molar-refractivity contribution < 1.29 is 9.90 Å². The Hall–Kier alpha value is -1.00. The van der Waals surface area contributed by atoms with Gasteiger partial charge in [0.1, 0.15) is 5.60 Å². The first kappa shape index (κ1) is 15.1. The van der Waals surface area contributed by atoms with E-state index in [0.29, 0.717) is 6.54 Å². The van der Waals surface area contributed by atoms with E-state index in [1.807, 2.05) is 12.1 Å². The fourth-order valence-electron chi connectivity index (χ4n) is 1.67. The molecule has 0 radical (unpaired) electrons. The Morgan fingerprint density at radius 1 is 1.33 bits per heavy atom. The molecule has 1 aromatic carbocycles. The lowest BCUT2D eigenvalue weighted by molar-refractivity contribution is -0.146. The maximum absolute atomic E-state index is 11.8. The van der Waals surface area contributed by atoms with E-state index in [1.165, 1.54) is 18.7 Å². The van der Waals surface area contributed by atoms with Gasteiger partial charge in [0.05, 0.1) is 0 Å². The van der Waals surface area contributed by atoms with Crippen LogP contribution in [-0.2, 0) is 11.3 Å². The minimum Gasteiger partial charge on any atom is -0.381 e. The molecule has 1 amide bonds. The van der Waals surface area contributed by atoms with Crippen LogP contribution in [0.4, 0.5) is 0 Å². The number of hydrogen-bond donors (Lipinski definition) is 1. The van der Waals surface area contributed by atoms with E-state index >= 15 is 0 Å². The summed E-state index contributed by atoms with van der Waals surface area (Å²) in [4.78, 5) is 14.6. The fraction of sp³-hybridized carbons (Fsp3) is 0.500. The molecule has 100 valence electrons. The lowest BCUT2D eigenvalue weighted by Gasteiger charge is -2.25. The number of carbonyl (C=O) groups is 1. The van der Waals surface area contributed by atoms with Crippen LogP contribution in [0.15, 0.2) is 29.2 Å². The van der Waals surface area contributed by atoms with Crippen molar-refractivity contribution in [3.8, 4) is 0 Å². The van der Waals surface area contributed by atoms with Gasteiger partial charge in [-0.25, -0.2) is 0 Å². The van der Waals surface area contributed by atoms with Gasteiger partial charge in [-0.15, -0.1) is 11.8 Å². The molecule has 3 nitrogen and oxygen atoms in total. The normalized spacial score (nSPS) is 11.4. The van der Waals surface area contributed by atoms with Crippen molar-refractivity contribution in [1.82, 2.24) is 4.90 Å². The molecular formula is C14H21NO2S. The highest BCUT2D eigenvalue weighted by Gasteiger charge is 2.27. The number of thioether (sulfide) groups is 1. The first-order valence-electron chi connectivity index (χ1n) is 6.04. The predicted molar refractivity (Wildman–Crippen MR) is 75.6 cm³/mol. The first-order chi connectivity index (χ1) is 8.34. The summed E-state index contributed by atoms with van der Waals surface area (Å²) in [6.07, 6.45) is 0. The number of likely N-dealkylation sites (N-methyl/N-ethyl adjacent to an activating group) is 1. The van der Waals surface area contributed by atoms with Gasteiger partial charge in [-0.3, -0.25) is 4.79 Å². The number of benzene rings is 1. The van der Waals surface area contributed by atoms with Crippen LogP contribution in [0.5, 0.6) is 0 Å². The number of carbonyl (C=O) groups excluding carboxylic acids is 1. The average Bonchev–Trinajstić information content (AvgIpc) is 2.30. The highest BCUT2D eigenvalue weighted by Crippen LogP contribution is 2.18. The molecule has 18 heavy (non-hydrogen) atoms. The monoisotopic (exact) mass is 267 g/mol. The molecule has 0 fully saturated rings. The maximum atomic E-state index is 11.8. The molecule has 0 aliphatic carbocycles. The van der Waals surface area contributed by atoms with E-state index in [-0.39, 0.29) is 5.91 Å². The molecule has 1 rings (SSSR count). The van der Waals surface area contributed by atoms with Crippen LogP contribution < -0.4 is 0 Å². The lowest BCUT2D eigenvalue weighted by atomic mass is 10.1. The molecule has 0 saturated carbocycles. The van der Waals surface area contributed by atoms with Gasteiger partial charge >= 0.3 is 0 Å². The van der Waals surface area contributed by atoms with Gasteiger partial charge in [-0.05, 0) is 37.3 Å². The summed E-state index contributed by atoms with van der Waals surface area (Å²) >= 11 is 1.79. The minimum absolute atomic E-state index is 0.269. The third-order valence-electron chi connectivity index (χ3n) is 2.52.